The molecule has 1 aliphatic heterocycles. The molecule has 0 saturated carbocycles. The molecule has 13 heteroatoms. The number of esters is 2. The summed E-state index contributed by atoms with van der Waals surface area (Å²) in [5.74, 6) is -0.977. The summed E-state index contributed by atoms with van der Waals surface area (Å²) in [5.41, 5.74) is -1.55. The highest BCUT2D eigenvalue weighted by Gasteiger charge is 2.43. The maximum Gasteiger partial charge on any atom is 0.423 e. The minimum absolute atomic E-state index is 0.207. The summed E-state index contributed by atoms with van der Waals surface area (Å²) >= 11 is 0. The molecule has 1 fully saturated rings. The van der Waals surface area contributed by atoms with Gasteiger partial charge in [-0.1, -0.05) is 47.5 Å². The second kappa shape index (κ2) is 13.7. The third-order valence-corrected chi connectivity index (χ3v) is 7.70. The maximum absolute atomic E-state index is 14.1. The van der Waals surface area contributed by atoms with E-state index in [-0.39, 0.29) is 17.5 Å². The highest BCUT2D eigenvalue weighted by molar-refractivity contribution is 5.90. The van der Waals surface area contributed by atoms with Crippen molar-refractivity contribution in [2.45, 2.75) is 51.4 Å². The molecule has 4 aromatic rings. The van der Waals surface area contributed by atoms with Gasteiger partial charge >= 0.3 is 23.8 Å². The van der Waals surface area contributed by atoms with Gasteiger partial charge in [0, 0.05) is 12.6 Å². The van der Waals surface area contributed by atoms with Gasteiger partial charge in [0.15, 0.2) is 0 Å². The highest BCUT2D eigenvalue weighted by atomic mass is 19.4. The Morgan fingerprint density at radius 3 is 2.00 bits per heavy atom. The molecule has 1 aliphatic rings. The zero-order chi connectivity index (χ0) is 33.9. The fraction of sp³-hybridized carbons (Fsp3) is 0.294. The first-order valence-electron chi connectivity index (χ1n) is 14.6. The molecule has 2 heterocycles. The number of hydrogen-bond donors (Lipinski definition) is 0. The summed E-state index contributed by atoms with van der Waals surface area (Å²) in [6, 6.07) is 19.2. The monoisotopic (exact) mass is 652 g/mol. The lowest BCUT2D eigenvalue weighted by atomic mass is 10.1. The van der Waals surface area contributed by atoms with Crippen LogP contribution < -0.4 is 16.0 Å². The Bertz CT molecular complexity index is 1860. The van der Waals surface area contributed by atoms with Crippen LogP contribution in [-0.2, 0) is 26.9 Å². The van der Waals surface area contributed by atoms with Crippen LogP contribution in [0, 0.1) is 13.8 Å². The van der Waals surface area contributed by atoms with Crippen molar-refractivity contribution in [1.82, 2.24) is 9.13 Å². The molecule has 47 heavy (non-hydrogen) atoms. The Morgan fingerprint density at radius 1 is 0.872 bits per heavy atom. The van der Waals surface area contributed by atoms with E-state index in [1.165, 1.54) is 19.2 Å². The average Bonchev–Trinajstić information content (AvgIpc) is 3.44. The van der Waals surface area contributed by atoms with Gasteiger partial charge in [0.05, 0.1) is 24.8 Å². The van der Waals surface area contributed by atoms with E-state index < -0.39 is 66.5 Å². The van der Waals surface area contributed by atoms with E-state index in [0.717, 1.165) is 11.1 Å². The van der Waals surface area contributed by atoms with Crippen molar-refractivity contribution in [2.24, 2.45) is 0 Å². The lowest BCUT2D eigenvalue weighted by Crippen LogP contribution is -2.44. The normalized spacial score (nSPS) is 17.7. The molecular weight excluding hydrogens is 621 g/mol. The van der Waals surface area contributed by atoms with Gasteiger partial charge in [-0.3, -0.25) is 13.9 Å². The number of hydrogen-bond acceptors (Lipinski definition) is 8. The van der Waals surface area contributed by atoms with E-state index in [9.17, 15) is 32.3 Å². The number of carbonyl (C=O) groups is 2. The van der Waals surface area contributed by atoms with Gasteiger partial charge in [-0.05, 0) is 55.8 Å². The molecule has 246 valence electrons. The van der Waals surface area contributed by atoms with Gasteiger partial charge in [-0.25, -0.2) is 14.4 Å². The van der Waals surface area contributed by atoms with Crippen LogP contribution in [-0.4, -0.2) is 47.0 Å². The first-order valence-corrected chi connectivity index (χ1v) is 14.6. The Kier molecular flexibility index (Phi) is 9.66. The number of ether oxygens (including phenoxy) is 4. The molecule has 1 saturated heterocycles. The van der Waals surface area contributed by atoms with E-state index in [1.807, 2.05) is 13.8 Å². The van der Waals surface area contributed by atoms with Crippen molar-refractivity contribution in [2.75, 3.05) is 13.7 Å². The molecule has 1 aromatic heterocycles. The molecule has 0 unspecified atom stereocenters. The quantitative estimate of drug-likeness (QED) is 0.230. The van der Waals surface area contributed by atoms with E-state index >= 15 is 0 Å². The Morgan fingerprint density at radius 2 is 1.45 bits per heavy atom. The molecule has 10 nitrogen and oxygen atoms in total. The summed E-state index contributed by atoms with van der Waals surface area (Å²) in [4.78, 5) is 52.3. The van der Waals surface area contributed by atoms with Crippen molar-refractivity contribution < 1.29 is 41.7 Å². The van der Waals surface area contributed by atoms with Crippen LogP contribution in [0.3, 0.4) is 0 Å². The number of carbonyl (C=O) groups excluding carboxylic acids is 2. The minimum Gasteiger partial charge on any atom is -0.497 e. The highest BCUT2D eigenvalue weighted by Crippen LogP contribution is 2.33. The van der Waals surface area contributed by atoms with E-state index in [0.29, 0.717) is 26.6 Å². The zero-order valence-corrected chi connectivity index (χ0v) is 25.7. The number of alkyl halides is 3. The number of rotatable bonds is 9. The fourth-order valence-electron chi connectivity index (χ4n) is 5.05. The van der Waals surface area contributed by atoms with E-state index in [2.05, 4.69) is 0 Å². The molecule has 0 amide bonds. The van der Waals surface area contributed by atoms with Crippen LogP contribution in [0.4, 0.5) is 13.2 Å². The van der Waals surface area contributed by atoms with Crippen LogP contribution in [0.2, 0.25) is 0 Å². The van der Waals surface area contributed by atoms with Crippen LogP contribution in [0.25, 0.3) is 0 Å². The predicted molar refractivity (Wildman–Crippen MR) is 162 cm³/mol. The topological polar surface area (TPSA) is 115 Å². The van der Waals surface area contributed by atoms with Crippen molar-refractivity contribution >= 4 is 11.9 Å². The number of aromatic nitrogens is 2. The summed E-state index contributed by atoms with van der Waals surface area (Å²) in [6.07, 6.45) is -8.69. The number of aryl methyl sites for hydroxylation is 2. The Labute approximate surface area is 266 Å². The SMILES string of the molecule is COc1ccc(Cn2c(=O)c(C(F)(F)F)cn([C@H]3C[C@H](OC(=O)c4ccc(C)cc4)[C@@H](COC(=O)c4ccc(C)cc4)O3)c2=O)cc1. The zero-order valence-electron chi connectivity index (χ0n) is 25.7. The predicted octanol–water partition coefficient (Wildman–Crippen LogP) is 5.07. The molecule has 0 aliphatic carbocycles. The maximum atomic E-state index is 14.1. The van der Waals surface area contributed by atoms with Gasteiger partial charge in [-0.2, -0.15) is 13.2 Å². The summed E-state index contributed by atoms with van der Waals surface area (Å²) < 4.78 is 65.6. The standard InChI is InChI=1S/C34H31F3N2O8/c1-20-4-10-23(11-5-20)31(41)45-19-28-27(47-32(42)24-12-6-21(2)7-13-24)16-29(46-28)38-18-26(34(35,36)37)30(40)39(33(38)43)17-22-8-14-25(44-3)15-9-22/h4-15,18,27-29H,16-17,19H2,1-3H3/t27-,28+,29+/m0/s1. The van der Waals surface area contributed by atoms with Crippen LogP contribution >= 0.6 is 0 Å². The Hall–Kier alpha value is -5.17. The van der Waals surface area contributed by atoms with E-state index in [4.69, 9.17) is 18.9 Å². The molecule has 0 N–H and O–H groups in total. The molecule has 0 bridgehead atoms. The number of nitrogens with zero attached hydrogens (tertiary/aromatic N) is 2. The molecule has 0 radical (unpaired) electrons. The Balaban J connectivity index is 1.47. The fourth-order valence-corrected chi connectivity index (χ4v) is 5.05. The number of methoxy groups -OCH3 is 1. The summed E-state index contributed by atoms with van der Waals surface area (Å²) in [6.45, 7) is 2.77. The third-order valence-electron chi connectivity index (χ3n) is 7.70. The van der Waals surface area contributed by atoms with E-state index in [1.54, 1.807) is 60.7 Å². The lowest BCUT2D eigenvalue weighted by Gasteiger charge is -2.20. The number of benzene rings is 3. The van der Waals surface area contributed by atoms with Crippen molar-refractivity contribution in [3.05, 3.63) is 133 Å². The van der Waals surface area contributed by atoms with Gasteiger partial charge in [0.25, 0.3) is 5.56 Å². The molecular formula is C34H31F3N2O8. The largest absolute Gasteiger partial charge is 0.497 e. The first-order chi connectivity index (χ1) is 22.3. The van der Waals surface area contributed by atoms with Gasteiger partial charge in [0.2, 0.25) is 0 Å². The minimum atomic E-state index is -5.10. The third kappa shape index (κ3) is 7.63. The molecule has 5 rings (SSSR count). The average molecular weight is 653 g/mol. The number of halogens is 3. The summed E-state index contributed by atoms with van der Waals surface area (Å²) in [7, 11) is 1.44. The smallest absolute Gasteiger partial charge is 0.423 e. The lowest BCUT2D eigenvalue weighted by molar-refractivity contribution is -0.140. The van der Waals surface area contributed by atoms with Crippen LogP contribution in [0.15, 0.2) is 88.6 Å². The van der Waals surface area contributed by atoms with Crippen LogP contribution in [0.5, 0.6) is 5.75 Å². The van der Waals surface area contributed by atoms with Crippen LogP contribution in [0.1, 0.15) is 55.6 Å². The molecule has 3 atom stereocenters. The molecule has 0 spiro atoms. The van der Waals surface area contributed by atoms with Gasteiger partial charge in [0.1, 0.15) is 36.4 Å². The first kappa shape index (κ1) is 33.2. The van der Waals surface area contributed by atoms with Crippen molar-refractivity contribution in [1.29, 1.82) is 0 Å². The second-order valence-electron chi connectivity index (χ2n) is 11.1. The van der Waals surface area contributed by atoms with Crippen molar-refractivity contribution in [3.63, 3.8) is 0 Å². The second-order valence-corrected chi connectivity index (χ2v) is 11.1. The van der Waals surface area contributed by atoms with Crippen molar-refractivity contribution in [3.8, 4) is 5.75 Å². The van der Waals surface area contributed by atoms with Gasteiger partial charge < -0.3 is 18.9 Å². The summed E-state index contributed by atoms with van der Waals surface area (Å²) in [5, 5.41) is 0. The molecule has 3 aromatic carbocycles. The van der Waals surface area contributed by atoms with Gasteiger partial charge in [-0.15, -0.1) is 0 Å².